The summed E-state index contributed by atoms with van der Waals surface area (Å²) < 4.78 is 25.7. The minimum Gasteiger partial charge on any atom is -0.503 e. The van der Waals surface area contributed by atoms with Crippen molar-refractivity contribution in [1.29, 1.82) is 0 Å². The Hall–Kier alpha value is -3.68. The Morgan fingerprint density at radius 3 is 2.46 bits per heavy atom. The number of amides is 1. The number of carbonyl (C=O) groups excluding carboxylic acids is 2. The van der Waals surface area contributed by atoms with Crippen LogP contribution in [0.5, 0.6) is 5.75 Å². The summed E-state index contributed by atoms with van der Waals surface area (Å²) in [7, 11) is 0. The quantitative estimate of drug-likeness (QED) is 0.397. The van der Waals surface area contributed by atoms with E-state index < -0.39 is 29.3 Å². The predicted octanol–water partition coefficient (Wildman–Crippen LogP) is 5.82. The fraction of sp³-hybridized carbons (Fsp3) is 0.241. The molecular formula is C29H25ClFNO5. The van der Waals surface area contributed by atoms with Crippen LogP contribution in [0.2, 0.25) is 5.02 Å². The smallest absolute Gasteiger partial charge is 0.290 e. The largest absolute Gasteiger partial charge is 0.503 e. The lowest BCUT2D eigenvalue weighted by Crippen LogP contribution is -2.43. The number of hydrogen-bond donors (Lipinski definition) is 1. The molecule has 1 N–H and O–H groups in total. The average Bonchev–Trinajstić information content (AvgIpc) is 3.19. The van der Waals surface area contributed by atoms with Gasteiger partial charge in [0.1, 0.15) is 18.2 Å². The molecule has 37 heavy (non-hydrogen) atoms. The van der Waals surface area contributed by atoms with Crippen LogP contribution in [0.15, 0.2) is 84.1 Å². The summed E-state index contributed by atoms with van der Waals surface area (Å²) in [6, 6.07) is 18.7. The molecule has 2 aliphatic rings. The van der Waals surface area contributed by atoms with Crippen LogP contribution >= 0.6 is 11.6 Å². The maximum absolute atomic E-state index is 14.4. The van der Waals surface area contributed by atoms with Gasteiger partial charge in [0.25, 0.3) is 5.91 Å². The van der Waals surface area contributed by atoms with Crippen LogP contribution in [0.4, 0.5) is 4.39 Å². The van der Waals surface area contributed by atoms with Gasteiger partial charge in [0.2, 0.25) is 0 Å². The molecule has 3 aromatic rings. The van der Waals surface area contributed by atoms with Gasteiger partial charge < -0.3 is 19.5 Å². The van der Waals surface area contributed by atoms with Crippen molar-refractivity contribution in [2.45, 2.75) is 31.5 Å². The van der Waals surface area contributed by atoms with Crippen molar-refractivity contribution >= 4 is 23.3 Å². The minimum atomic E-state index is -0.870. The molecule has 2 heterocycles. The van der Waals surface area contributed by atoms with E-state index in [0.717, 1.165) is 11.6 Å². The molecule has 0 spiro atoms. The van der Waals surface area contributed by atoms with Gasteiger partial charge in [-0.3, -0.25) is 9.59 Å². The normalized spacial score (nSPS) is 18.4. The van der Waals surface area contributed by atoms with Gasteiger partial charge in [-0.2, -0.15) is 0 Å². The minimum absolute atomic E-state index is 0.0712. The van der Waals surface area contributed by atoms with E-state index in [2.05, 4.69) is 0 Å². The Balaban J connectivity index is 1.55. The summed E-state index contributed by atoms with van der Waals surface area (Å²) in [5.41, 5.74) is 1.29. The molecule has 0 aliphatic carbocycles. The van der Waals surface area contributed by atoms with Gasteiger partial charge in [0.15, 0.2) is 11.5 Å². The second kappa shape index (κ2) is 10.7. The van der Waals surface area contributed by atoms with Crippen LogP contribution in [-0.2, 0) is 16.1 Å². The Bertz CT molecular complexity index is 1340. The standard InChI is InChI=1S/C29H25ClFNO5/c30-20-8-6-19(7-9-20)26-25(28(34)29(35)32(26)22-12-14-36-15-13-22)27(33)23-16-21(31)10-11-24(23)37-17-18-4-2-1-3-5-18/h1-11,16,22,26,34H,12-15,17H2/t26-/m1/s1. The van der Waals surface area contributed by atoms with Gasteiger partial charge in [-0.1, -0.05) is 54.1 Å². The topological polar surface area (TPSA) is 76.1 Å². The molecule has 1 amide bonds. The van der Waals surface area contributed by atoms with Gasteiger partial charge in [0.05, 0.1) is 17.2 Å². The number of Topliss-reactive ketones (excluding diaryl/α,β-unsaturated/α-hetero) is 1. The second-order valence-corrected chi connectivity index (χ2v) is 9.45. The Morgan fingerprint density at radius 2 is 1.76 bits per heavy atom. The van der Waals surface area contributed by atoms with E-state index in [1.54, 1.807) is 24.3 Å². The molecular weight excluding hydrogens is 497 g/mol. The first-order valence-electron chi connectivity index (χ1n) is 12.0. The van der Waals surface area contributed by atoms with Gasteiger partial charge in [0, 0.05) is 24.3 Å². The first-order chi connectivity index (χ1) is 17.9. The summed E-state index contributed by atoms with van der Waals surface area (Å²) in [5, 5.41) is 11.5. The van der Waals surface area contributed by atoms with E-state index in [1.807, 2.05) is 30.3 Å². The van der Waals surface area contributed by atoms with Crippen molar-refractivity contribution in [3.63, 3.8) is 0 Å². The first kappa shape index (κ1) is 25.0. The monoisotopic (exact) mass is 521 g/mol. The van der Waals surface area contributed by atoms with Crippen molar-refractivity contribution in [3.8, 4) is 5.75 Å². The Morgan fingerprint density at radius 1 is 1.05 bits per heavy atom. The van der Waals surface area contributed by atoms with E-state index in [9.17, 15) is 19.1 Å². The molecule has 2 aliphatic heterocycles. The average molecular weight is 522 g/mol. The number of hydrogen-bond acceptors (Lipinski definition) is 5. The van der Waals surface area contributed by atoms with E-state index in [0.29, 0.717) is 36.6 Å². The van der Waals surface area contributed by atoms with Crippen LogP contribution in [0.3, 0.4) is 0 Å². The third-order valence-electron chi connectivity index (χ3n) is 6.68. The summed E-state index contributed by atoms with van der Waals surface area (Å²) in [4.78, 5) is 28.9. The maximum Gasteiger partial charge on any atom is 0.290 e. The molecule has 8 heteroatoms. The van der Waals surface area contributed by atoms with E-state index in [-0.39, 0.29) is 29.5 Å². The molecule has 5 rings (SSSR count). The third-order valence-corrected chi connectivity index (χ3v) is 6.93. The number of ketones is 1. The van der Waals surface area contributed by atoms with Crippen LogP contribution in [0, 0.1) is 5.82 Å². The van der Waals surface area contributed by atoms with Crippen molar-refractivity contribution in [3.05, 3.63) is 112 Å². The SMILES string of the molecule is O=C(C1=C(O)C(=O)N(C2CCOCC2)[C@@H]1c1ccc(Cl)cc1)c1cc(F)ccc1OCc1ccccc1. The zero-order valence-corrected chi connectivity index (χ0v) is 20.7. The fourth-order valence-electron chi connectivity index (χ4n) is 4.85. The van der Waals surface area contributed by atoms with E-state index in [4.69, 9.17) is 21.1 Å². The first-order valence-corrected chi connectivity index (χ1v) is 12.4. The van der Waals surface area contributed by atoms with Gasteiger partial charge >= 0.3 is 0 Å². The third kappa shape index (κ3) is 5.10. The van der Waals surface area contributed by atoms with Crippen molar-refractivity contribution in [2.24, 2.45) is 0 Å². The summed E-state index contributed by atoms with van der Waals surface area (Å²) >= 11 is 6.10. The number of carbonyl (C=O) groups is 2. The van der Waals surface area contributed by atoms with Crippen LogP contribution in [0.1, 0.15) is 40.4 Å². The lowest BCUT2D eigenvalue weighted by molar-refractivity contribution is -0.133. The molecule has 0 radical (unpaired) electrons. The molecule has 1 saturated heterocycles. The molecule has 0 aromatic heterocycles. The maximum atomic E-state index is 14.4. The second-order valence-electron chi connectivity index (χ2n) is 9.02. The molecule has 3 aromatic carbocycles. The number of aliphatic hydroxyl groups excluding tert-OH is 1. The van der Waals surface area contributed by atoms with Crippen molar-refractivity contribution < 1.29 is 28.6 Å². The number of ether oxygens (including phenoxy) is 2. The van der Waals surface area contributed by atoms with E-state index >= 15 is 0 Å². The highest BCUT2D eigenvalue weighted by atomic mass is 35.5. The summed E-state index contributed by atoms with van der Waals surface area (Å²) in [6.45, 7) is 1.09. The Labute approximate surface area is 218 Å². The molecule has 0 saturated carbocycles. The predicted molar refractivity (Wildman–Crippen MR) is 136 cm³/mol. The zero-order chi connectivity index (χ0) is 25.9. The Kier molecular flexibility index (Phi) is 7.26. The molecule has 190 valence electrons. The number of halogens is 2. The molecule has 0 bridgehead atoms. The van der Waals surface area contributed by atoms with E-state index in [1.165, 1.54) is 17.0 Å². The number of rotatable bonds is 7. The highest BCUT2D eigenvalue weighted by molar-refractivity contribution is 6.30. The molecule has 6 nitrogen and oxygen atoms in total. The number of benzene rings is 3. The van der Waals surface area contributed by atoms with Gasteiger partial charge in [-0.25, -0.2) is 4.39 Å². The zero-order valence-electron chi connectivity index (χ0n) is 19.9. The van der Waals surface area contributed by atoms with Crippen LogP contribution in [-0.4, -0.2) is 41.0 Å². The highest BCUT2D eigenvalue weighted by Crippen LogP contribution is 2.43. The number of nitrogens with zero attached hydrogens (tertiary/aromatic N) is 1. The summed E-state index contributed by atoms with van der Waals surface area (Å²) in [5.74, 6) is -2.44. The van der Waals surface area contributed by atoms with Crippen molar-refractivity contribution in [1.82, 2.24) is 4.90 Å². The fourth-order valence-corrected chi connectivity index (χ4v) is 4.98. The van der Waals surface area contributed by atoms with Gasteiger partial charge in [-0.15, -0.1) is 0 Å². The molecule has 1 atom stereocenters. The lowest BCUT2D eigenvalue weighted by atomic mass is 9.91. The summed E-state index contributed by atoms with van der Waals surface area (Å²) in [6.07, 6.45) is 1.13. The van der Waals surface area contributed by atoms with Crippen molar-refractivity contribution in [2.75, 3.05) is 13.2 Å². The lowest BCUT2D eigenvalue weighted by Gasteiger charge is -2.36. The van der Waals surface area contributed by atoms with Crippen LogP contribution in [0.25, 0.3) is 0 Å². The van der Waals surface area contributed by atoms with Crippen LogP contribution < -0.4 is 4.74 Å². The highest BCUT2D eigenvalue weighted by Gasteiger charge is 2.47. The van der Waals surface area contributed by atoms with Gasteiger partial charge in [-0.05, 0) is 54.3 Å². The molecule has 1 fully saturated rings. The number of aliphatic hydroxyl groups is 1. The molecule has 0 unspecified atom stereocenters.